The molecule has 1 rings (SSSR count). The fourth-order valence-corrected chi connectivity index (χ4v) is 1.89. The molecule has 0 saturated carbocycles. The second-order valence-electron chi connectivity index (χ2n) is 5.57. The summed E-state index contributed by atoms with van der Waals surface area (Å²) in [5.74, 6) is 0.283. The highest BCUT2D eigenvalue weighted by molar-refractivity contribution is 5.97. The molecule has 0 saturated heterocycles. The molecule has 0 aliphatic heterocycles. The summed E-state index contributed by atoms with van der Waals surface area (Å²) in [6.07, 6.45) is 0. The van der Waals surface area contributed by atoms with E-state index in [1.807, 2.05) is 20.8 Å². The third-order valence-electron chi connectivity index (χ3n) is 3.27. The summed E-state index contributed by atoms with van der Waals surface area (Å²) in [4.78, 5) is 14.2. The SMILES string of the molecule is CCN(CC(C)(C)CN)C(=O)c1cc(OC)ccc1O. The van der Waals surface area contributed by atoms with Crippen LogP contribution in [0.3, 0.4) is 0 Å². The molecule has 3 N–H and O–H groups in total. The molecule has 0 bridgehead atoms. The summed E-state index contributed by atoms with van der Waals surface area (Å²) in [6, 6.07) is 4.63. The monoisotopic (exact) mass is 280 g/mol. The van der Waals surface area contributed by atoms with Gasteiger partial charge in [0.25, 0.3) is 5.91 Å². The number of phenolic OH excluding ortho intramolecular Hbond substituents is 1. The number of benzene rings is 1. The highest BCUT2D eigenvalue weighted by Gasteiger charge is 2.25. The van der Waals surface area contributed by atoms with E-state index in [1.165, 1.54) is 13.2 Å². The number of phenols is 1. The van der Waals surface area contributed by atoms with E-state index in [2.05, 4.69) is 0 Å². The van der Waals surface area contributed by atoms with Crippen LogP contribution in [0.25, 0.3) is 0 Å². The number of aromatic hydroxyl groups is 1. The van der Waals surface area contributed by atoms with Gasteiger partial charge in [-0.15, -0.1) is 0 Å². The van der Waals surface area contributed by atoms with Crippen molar-refractivity contribution in [2.75, 3.05) is 26.7 Å². The van der Waals surface area contributed by atoms with Crippen molar-refractivity contribution < 1.29 is 14.6 Å². The Bertz CT molecular complexity index is 472. The van der Waals surface area contributed by atoms with Crippen molar-refractivity contribution in [3.05, 3.63) is 23.8 Å². The summed E-state index contributed by atoms with van der Waals surface area (Å²) in [5, 5.41) is 9.87. The predicted octanol–water partition coefficient (Wildman–Crippen LogP) is 1.85. The Morgan fingerprint density at radius 3 is 2.60 bits per heavy atom. The van der Waals surface area contributed by atoms with Crippen LogP contribution in [0.15, 0.2) is 18.2 Å². The quantitative estimate of drug-likeness (QED) is 0.834. The molecular weight excluding hydrogens is 256 g/mol. The smallest absolute Gasteiger partial charge is 0.257 e. The first-order chi connectivity index (χ1) is 9.34. The summed E-state index contributed by atoms with van der Waals surface area (Å²) in [5.41, 5.74) is 5.80. The summed E-state index contributed by atoms with van der Waals surface area (Å²) in [6.45, 7) is 7.50. The molecule has 0 spiro atoms. The van der Waals surface area contributed by atoms with Gasteiger partial charge in [-0.2, -0.15) is 0 Å². The molecule has 0 aliphatic carbocycles. The summed E-state index contributed by atoms with van der Waals surface area (Å²) < 4.78 is 5.09. The fourth-order valence-electron chi connectivity index (χ4n) is 1.89. The van der Waals surface area contributed by atoms with Gasteiger partial charge in [-0.25, -0.2) is 0 Å². The minimum atomic E-state index is -0.217. The minimum Gasteiger partial charge on any atom is -0.507 e. The van der Waals surface area contributed by atoms with Crippen molar-refractivity contribution in [2.24, 2.45) is 11.1 Å². The average molecular weight is 280 g/mol. The molecule has 1 aromatic rings. The van der Waals surface area contributed by atoms with Crippen LogP contribution in [-0.4, -0.2) is 42.7 Å². The van der Waals surface area contributed by atoms with Gasteiger partial charge in [0.05, 0.1) is 12.7 Å². The van der Waals surface area contributed by atoms with Crippen LogP contribution in [0, 0.1) is 5.41 Å². The molecule has 1 aromatic carbocycles. The summed E-state index contributed by atoms with van der Waals surface area (Å²) in [7, 11) is 1.52. The third kappa shape index (κ3) is 3.87. The topological polar surface area (TPSA) is 75.8 Å². The van der Waals surface area contributed by atoms with Crippen molar-refractivity contribution in [1.29, 1.82) is 0 Å². The largest absolute Gasteiger partial charge is 0.507 e. The molecule has 0 fully saturated rings. The number of ether oxygens (including phenoxy) is 1. The van der Waals surface area contributed by atoms with Gasteiger partial charge < -0.3 is 20.5 Å². The molecule has 0 atom stereocenters. The average Bonchev–Trinajstić information content (AvgIpc) is 2.44. The first-order valence-electron chi connectivity index (χ1n) is 6.71. The van der Waals surface area contributed by atoms with Crippen LogP contribution in [-0.2, 0) is 0 Å². The lowest BCUT2D eigenvalue weighted by Gasteiger charge is -2.31. The second-order valence-corrected chi connectivity index (χ2v) is 5.57. The van der Waals surface area contributed by atoms with E-state index in [4.69, 9.17) is 10.5 Å². The third-order valence-corrected chi connectivity index (χ3v) is 3.27. The number of carbonyl (C=O) groups is 1. The Morgan fingerprint density at radius 1 is 1.45 bits per heavy atom. The van der Waals surface area contributed by atoms with Gasteiger partial charge in [-0.05, 0) is 37.1 Å². The van der Waals surface area contributed by atoms with Gasteiger partial charge in [0.1, 0.15) is 11.5 Å². The van der Waals surface area contributed by atoms with Crippen LogP contribution in [0.1, 0.15) is 31.1 Å². The number of amides is 1. The van der Waals surface area contributed by atoms with Crippen molar-refractivity contribution in [1.82, 2.24) is 4.90 Å². The van der Waals surface area contributed by atoms with Gasteiger partial charge in [0.15, 0.2) is 0 Å². The first-order valence-corrected chi connectivity index (χ1v) is 6.71. The Morgan fingerprint density at radius 2 is 2.10 bits per heavy atom. The number of methoxy groups -OCH3 is 1. The maximum atomic E-state index is 12.5. The Labute approximate surface area is 120 Å². The van der Waals surface area contributed by atoms with E-state index in [1.54, 1.807) is 17.0 Å². The van der Waals surface area contributed by atoms with Crippen molar-refractivity contribution in [3.8, 4) is 11.5 Å². The van der Waals surface area contributed by atoms with E-state index < -0.39 is 0 Å². The van der Waals surface area contributed by atoms with Gasteiger partial charge >= 0.3 is 0 Å². The van der Waals surface area contributed by atoms with Gasteiger partial charge in [-0.3, -0.25) is 4.79 Å². The lowest BCUT2D eigenvalue weighted by Crippen LogP contribution is -2.42. The van der Waals surface area contributed by atoms with Crippen molar-refractivity contribution in [2.45, 2.75) is 20.8 Å². The number of nitrogens with zero attached hydrogens (tertiary/aromatic N) is 1. The van der Waals surface area contributed by atoms with Crippen LogP contribution in [0.5, 0.6) is 11.5 Å². The standard InChI is InChI=1S/C15H24N2O3/c1-5-17(10-15(2,3)9-16)14(19)12-8-11(20-4)6-7-13(12)18/h6-8,18H,5,9-10,16H2,1-4H3. The number of hydrogen-bond acceptors (Lipinski definition) is 4. The van der Waals surface area contributed by atoms with Crippen LogP contribution in [0.4, 0.5) is 0 Å². The number of nitrogens with two attached hydrogens (primary N) is 1. The van der Waals surface area contributed by atoms with Crippen molar-refractivity contribution >= 4 is 5.91 Å². The van der Waals surface area contributed by atoms with Gasteiger partial charge in [-0.1, -0.05) is 13.8 Å². The van der Waals surface area contributed by atoms with E-state index in [9.17, 15) is 9.90 Å². The minimum absolute atomic E-state index is 0.0418. The van der Waals surface area contributed by atoms with E-state index in [0.29, 0.717) is 25.4 Å². The van der Waals surface area contributed by atoms with Gasteiger partial charge in [0.2, 0.25) is 0 Å². The second kappa shape index (κ2) is 6.61. The molecule has 20 heavy (non-hydrogen) atoms. The van der Waals surface area contributed by atoms with Gasteiger partial charge in [0, 0.05) is 13.1 Å². The number of hydrogen-bond donors (Lipinski definition) is 2. The number of carbonyl (C=O) groups excluding carboxylic acids is 1. The maximum absolute atomic E-state index is 12.5. The Kier molecular flexibility index (Phi) is 5.39. The predicted molar refractivity (Wildman–Crippen MR) is 79.1 cm³/mol. The van der Waals surface area contributed by atoms with Crippen LogP contribution in [0.2, 0.25) is 0 Å². The summed E-state index contributed by atoms with van der Waals surface area (Å²) >= 11 is 0. The lowest BCUT2D eigenvalue weighted by atomic mass is 9.93. The molecular formula is C15H24N2O3. The highest BCUT2D eigenvalue weighted by Crippen LogP contribution is 2.25. The Hall–Kier alpha value is -1.75. The van der Waals surface area contributed by atoms with Crippen LogP contribution < -0.4 is 10.5 Å². The molecule has 1 amide bonds. The van der Waals surface area contributed by atoms with E-state index in [-0.39, 0.29) is 22.6 Å². The first kappa shape index (κ1) is 16.3. The molecule has 5 nitrogen and oxygen atoms in total. The van der Waals surface area contributed by atoms with Crippen molar-refractivity contribution in [3.63, 3.8) is 0 Å². The highest BCUT2D eigenvalue weighted by atomic mass is 16.5. The number of rotatable bonds is 6. The zero-order valence-corrected chi connectivity index (χ0v) is 12.6. The molecule has 0 radical (unpaired) electrons. The molecule has 0 aromatic heterocycles. The molecule has 5 heteroatoms. The molecule has 112 valence electrons. The fraction of sp³-hybridized carbons (Fsp3) is 0.533. The Balaban J connectivity index is 3.02. The zero-order chi connectivity index (χ0) is 15.3. The molecule has 0 heterocycles. The normalized spacial score (nSPS) is 11.2. The lowest BCUT2D eigenvalue weighted by molar-refractivity contribution is 0.0697. The van der Waals surface area contributed by atoms with E-state index >= 15 is 0 Å². The molecule has 0 aliphatic rings. The zero-order valence-electron chi connectivity index (χ0n) is 12.6. The van der Waals surface area contributed by atoms with E-state index in [0.717, 1.165) is 0 Å². The molecule has 0 unspecified atom stereocenters. The van der Waals surface area contributed by atoms with Crippen LogP contribution >= 0.6 is 0 Å². The maximum Gasteiger partial charge on any atom is 0.257 e.